The summed E-state index contributed by atoms with van der Waals surface area (Å²) in [7, 11) is 0. The third kappa shape index (κ3) is 3.91. The number of rotatable bonds is 6. The number of carbonyl (C=O) groups excluding carboxylic acids is 2. The molecule has 1 aromatic heterocycles. The molecule has 28 heavy (non-hydrogen) atoms. The molecule has 2 N–H and O–H groups in total. The van der Waals surface area contributed by atoms with Gasteiger partial charge >= 0.3 is 0 Å². The Morgan fingerprint density at radius 1 is 1.07 bits per heavy atom. The van der Waals surface area contributed by atoms with Crippen LogP contribution in [0.3, 0.4) is 0 Å². The maximum absolute atomic E-state index is 13.0. The van der Waals surface area contributed by atoms with Gasteiger partial charge in [0.15, 0.2) is 0 Å². The van der Waals surface area contributed by atoms with Gasteiger partial charge in [0.1, 0.15) is 6.04 Å². The smallest absolute Gasteiger partial charge is 0.252 e. The fourth-order valence-electron chi connectivity index (χ4n) is 3.26. The number of imidazole rings is 1. The number of hydrogen-bond donors (Lipinski definition) is 2. The monoisotopic (exact) mass is 378 g/mol. The lowest BCUT2D eigenvalue weighted by Gasteiger charge is -2.22. The van der Waals surface area contributed by atoms with Crippen LogP contribution in [0, 0.1) is 12.8 Å². The van der Waals surface area contributed by atoms with Crippen LogP contribution in [0.4, 0.5) is 5.95 Å². The standard InChI is InChI=1S/C22H26N4O2/c1-5-26-18-13-9-8-12-17(18)23-22(26)25-21(28)19(14(2)3)24-20(27)16-11-7-6-10-15(16)4/h6-14,19H,5H2,1-4H3,(H,24,27)(H,23,25,28). The van der Waals surface area contributed by atoms with Crippen LogP contribution in [0.1, 0.15) is 36.7 Å². The Bertz CT molecular complexity index is 1010. The van der Waals surface area contributed by atoms with Crippen LogP contribution in [0.25, 0.3) is 11.0 Å². The van der Waals surface area contributed by atoms with Crippen molar-refractivity contribution in [2.45, 2.75) is 40.3 Å². The first-order valence-corrected chi connectivity index (χ1v) is 9.55. The van der Waals surface area contributed by atoms with E-state index < -0.39 is 6.04 Å². The van der Waals surface area contributed by atoms with E-state index in [2.05, 4.69) is 15.6 Å². The number of aryl methyl sites for hydroxylation is 2. The predicted octanol–water partition coefficient (Wildman–Crippen LogP) is 3.76. The minimum Gasteiger partial charge on any atom is -0.340 e. The summed E-state index contributed by atoms with van der Waals surface area (Å²) in [6, 6.07) is 14.4. The van der Waals surface area contributed by atoms with Crippen molar-refractivity contribution in [2.24, 2.45) is 5.92 Å². The number of amides is 2. The number of nitrogens with zero attached hydrogens (tertiary/aromatic N) is 2. The van der Waals surface area contributed by atoms with Gasteiger partial charge in [0.25, 0.3) is 5.91 Å². The van der Waals surface area contributed by atoms with Gasteiger partial charge in [-0.3, -0.25) is 14.9 Å². The number of fused-ring (bicyclic) bond motifs is 1. The highest BCUT2D eigenvalue weighted by Gasteiger charge is 2.26. The minimum absolute atomic E-state index is 0.0765. The summed E-state index contributed by atoms with van der Waals surface area (Å²) in [6.45, 7) is 8.38. The summed E-state index contributed by atoms with van der Waals surface area (Å²) >= 11 is 0. The number of benzene rings is 2. The van der Waals surface area contributed by atoms with Crippen LogP contribution in [0.5, 0.6) is 0 Å². The Labute approximate surface area is 165 Å². The van der Waals surface area contributed by atoms with Crippen molar-refractivity contribution in [1.82, 2.24) is 14.9 Å². The second-order valence-electron chi connectivity index (χ2n) is 7.17. The van der Waals surface area contributed by atoms with E-state index in [1.165, 1.54) is 0 Å². The number of hydrogen-bond acceptors (Lipinski definition) is 3. The van der Waals surface area contributed by atoms with Gasteiger partial charge in [-0.25, -0.2) is 4.98 Å². The Hall–Kier alpha value is -3.15. The summed E-state index contributed by atoms with van der Waals surface area (Å²) in [4.78, 5) is 30.2. The molecular formula is C22H26N4O2. The maximum Gasteiger partial charge on any atom is 0.252 e. The van der Waals surface area contributed by atoms with E-state index >= 15 is 0 Å². The average molecular weight is 378 g/mol. The summed E-state index contributed by atoms with van der Waals surface area (Å²) in [5, 5.41) is 5.78. The number of anilines is 1. The lowest BCUT2D eigenvalue weighted by Crippen LogP contribution is -2.47. The fourth-order valence-corrected chi connectivity index (χ4v) is 3.26. The molecule has 0 aliphatic rings. The molecule has 3 aromatic rings. The highest BCUT2D eigenvalue weighted by Crippen LogP contribution is 2.20. The number of nitrogens with one attached hydrogen (secondary N) is 2. The van der Waals surface area contributed by atoms with Crippen LogP contribution < -0.4 is 10.6 Å². The van der Waals surface area contributed by atoms with Gasteiger partial charge in [0.2, 0.25) is 11.9 Å². The Morgan fingerprint density at radius 2 is 1.75 bits per heavy atom. The van der Waals surface area contributed by atoms with Crippen molar-refractivity contribution in [3.8, 4) is 0 Å². The molecule has 1 heterocycles. The molecule has 1 atom stereocenters. The highest BCUT2D eigenvalue weighted by molar-refractivity contribution is 6.01. The number of carbonyl (C=O) groups is 2. The van der Waals surface area contributed by atoms with E-state index in [0.29, 0.717) is 18.1 Å². The second kappa shape index (κ2) is 8.25. The van der Waals surface area contributed by atoms with Crippen molar-refractivity contribution >= 4 is 28.8 Å². The van der Waals surface area contributed by atoms with Gasteiger partial charge in [-0.05, 0) is 43.5 Å². The van der Waals surface area contributed by atoms with E-state index in [9.17, 15) is 9.59 Å². The summed E-state index contributed by atoms with van der Waals surface area (Å²) < 4.78 is 1.95. The quantitative estimate of drug-likeness (QED) is 0.686. The molecule has 0 aliphatic carbocycles. The third-order valence-electron chi connectivity index (χ3n) is 4.83. The molecule has 2 amide bonds. The van der Waals surface area contributed by atoms with Crippen molar-refractivity contribution in [2.75, 3.05) is 5.32 Å². The van der Waals surface area contributed by atoms with Crippen molar-refractivity contribution < 1.29 is 9.59 Å². The molecule has 6 nitrogen and oxygen atoms in total. The first-order valence-electron chi connectivity index (χ1n) is 9.55. The zero-order chi connectivity index (χ0) is 20.3. The van der Waals surface area contributed by atoms with Crippen molar-refractivity contribution in [3.63, 3.8) is 0 Å². The lowest BCUT2D eigenvalue weighted by atomic mass is 10.0. The van der Waals surface area contributed by atoms with Crippen LogP contribution in [-0.2, 0) is 11.3 Å². The van der Waals surface area contributed by atoms with E-state index in [-0.39, 0.29) is 17.7 Å². The molecule has 146 valence electrons. The maximum atomic E-state index is 13.0. The Kier molecular flexibility index (Phi) is 5.78. The summed E-state index contributed by atoms with van der Waals surface area (Å²) in [5.74, 6) is -0.116. The molecule has 1 unspecified atom stereocenters. The summed E-state index contributed by atoms with van der Waals surface area (Å²) in [5.41, 5.74) is 3.23. The topological polar surface area (TPSA) is 76.0 Å². The van der Waals surface area contributed by atoms with Gasteiger partial charge in [-0.2, -0.15) is 0 Å². The molecule has 0 saturated carbocycles. The molecule has 3 rings (SSSR count). The van der Waals surface area contributed by atoms with Crippen molar-refractivity contribution in [1.29, 1.82) is 0 Å². The molecule has 0 spiro atoms. The van der Waals surface area contributed by atoms with Gasteiger partial charge in [0.05, 0.1) is 11.0 Å². The molecule has 0 aliphatic heterocycles. The van der Waals surface area contributed by atoms with Gasteiger partial charge in [0, 0.05) is 12.1 Å². The van der Waals surface area contributed by atoms with E-state index in [1.807, 2.05) is 74.7 Å². The molecule has 0 bridgehead atoms. The molecule has 6 heteroatoms. The predicted molar refractivity (Wildman–Crippen MR) is 111 cm³/mol. The van der Waals surface area contributed by atoms with Gasteiger partial charge < -0.3 is 9.88 Å². The molecule has 0 fully saturated rings. The molecular weight excluding hydrogens is 352 g/mol. The third-order valence-corrected chi connectivity index (χ3v) is 4.83. The van der Waals surface area contributed by atoms with Crippen LogP contribution in [0.2, 0.25) is 0 Å². The largest absolute Gasteiger partial charge is 0.340 e. The van der Waals surface area contributed by atoms with Crippen LogP contribution >= 0.6 is 0 Å². The van der Waals surface area contributed by atoms with Crippen LogP contribution in [-0.4, -0.2) is 27.4 Å². The van der Waals surface area contributed by atoms with Gasteiger partial charge in [-0.1, -0.05) is 44.2 Å². The second-order valence-corrected chi connectivity index (χ2v) is 7.17. The lowest BCUT2D eigenvalue weighted by molar-refractivity contribution is -0.119. The minimum atomic E-state index is -0.669. The molecule has 0 radical (unpaired) electrons. The van der Waals surface area contributed by atoms with E-state index in [0.717, 1.165) is 16.6 Å². The van der Waals surface area contributed by atoms with Crippen LogP contribution in [0.15, 0.2) is 48.5 Å². The first-order chi connectivity index (χ1) is 13.4. The summed E-state index contributed by atoms with van der Waals surface area (Å²) in [6.07, 6.45) is 0. The normalized spacial score (nSPS) is 12.2. The zero-order valence-electron chi connectivity index (χ0n) is 16.7. The zero-order valence-corrected chi connectivity index (χ0v) is 16.7. The van der Waals surface area contributed by atoms with E-state index in [4.69, 9.17) is 0 Å². The fraction of sp³-hybridized carbons (Fsp3) is 0.318. The average Bonchev–Trinajstić information content (AvgIpc) is 3.02. The van der Waals surface area contributed by atoms with Crippen molar-refractivity contribution in [3.05, 3.63) is 59.7 Å². The first kappa shape index (κ1) is 19.6. The number of para-hydroxylation sites is 2. The number of aromatic nitrogens is 2. The highest BCUT2D eigenvalue weighted by atomic mass is 16.2. The van der Waals surface area contributed by atoms with Gasteiger partial charge in [-0.15, -0.1) is 0 Å². The SMILES string of the molecule is CCn1c(NC(=O)C(NC(=O)c2ccccc2C)C(C)C)nc2ccccc21. The van der Waals surface area contributed by atoms with E-state index in [1.54, 1.807) is 6.07 Å². The molecule has 2 aromatic carbocycles. The Balaban J connectivity index is 1.82. The molecule has 0 saturated heterocycles. The Morgan fingerprint density at radius 3 is 2.43 bits per heavy atom.